The maximum Gasteiger partial charge on any atom is 0.263 e. The quantitative estimate of drug-likeness (QED) is 0.601. The van der Waals surface area contributed by atoms with Gasteiger partial charge >= 0.3 is 0 Å². The van der Waals surface area contributed by atoms with Crippen molar-refractivity contribution in [3.63, 3.8) is 0 Å². The molecule has 0 bridgehead atoms. The molecule has 0 amide bonds. The van der Waals surface area contributed by atoms with E-state index in [1.807, 2.05) is 0 Å². The number of rotatable bonds is 2. The molecule has 1 rings (SSSR count). The summed E-state index contributed by atoms with van der Waals surface area (Å²) in [4.78, 5) is 10.1. The van der Waals surface area contributed by atoms with Crippen molar-refractivity contribution in [2.24, 2.45) is 0 Å². The number of hydrogen-bond donors (Lipinski definition) is 0. The van der Waals surface area contributed by atoms with Gasteiger partial charge in [0.1, 0.15) is 6.29 Å². The van der Waals surface area contributed by atoms with E-state index >= 15 is 0 Å². The van der Waals surface area contributed by atoms with Gasteiger partial charge in [-0.1, -0.05) is 18.2 Å². The first kappa shape index (κ1) is 7.85. The van der Waals surface area contributed by atoms with E-state index in [2.05, 4.69) is 0 Å². The smallest absolute Gasteiger partial charge is 0.263 e. The number of carbonyl (C=O) groups excluding carboxylic acids is 1. The molecule has 3 heteroatoms. The van der Waals surface area contributed by atoms with E-state index in [4.69, 9.17) is 0 Å². The average molecular weight is 156 g/mol. The van der Waals surface area contributed by atoms with Crippen LogP contribution in [0.1, 0.15) is 22.3 Å². The van der Waals surface area contributed by atoms with Crippen LogP contribution in [0.5, 0.6) is 0 Å². The molecule has 0 radical (unpaired) electrons. The Morgan fingerprint density at radius 2 is 2.09 bits per heavy atom. The number of alkyl halides is 2. The lowest BCUT2D eigenvalue weighted by atomic mass is 10.1. The van der Waals surface area contributed by atoms with Gasteiger partial charge < -0.3 is 0 Å². The minimum atomic E-state index is -2.50. The first-order valence-electron chi connectivity index (χ1n) is 3.07. The normalized spacial score (nSPS) is 10.1. The van der Waals surface area contributed by atoms with Crippen molar-refractivity contribution in [2.75, 3.05) is 0 Å². The summed E-state index contributed by atoms with van der Waals surface area (Å²) in [5.74, 6) is 0. The van der Waals surface area contributed by atoms with Crippen molar-refractivity contribution in [3.05, 3.63) is 35.4 Å². The van der Waals surface area contributed by atoms with Crippen LogP contribution in [0.3, 0.4) is 0 Å². The lowest BCUT2D eigenvalue weighted by Crippen LogP contribution is -1.86. The van der Waals surface area contributed by atoms with E-state index in [9.17, 15) is 13.6 Å². The highest BCUT2D eigenvalue weighted by atomic mass is 19.3. The highest BCUT2D eigenvalue weighted by molar-refractivity contribution is 5.74. The van der Waals surface area contributed by atoms with E-state index in [1.165, 1.54) is 24.3 Å². The fraction of sp³-hybridized carbons (Fsp3) is 0.125. The molecular weight excluding hydrogens is 150 g/mol. The second-order valence-electron chi connectivity index (χ2n) is 2.09. The molecule has 0 aromatic heterocycles. The first-order valence-corrected chi connectivity index (χ1v) is 3.07. The van der Waals surface area contributed by atoms with Gasteiger partial charge in [0.25, 0.3) is 6.43 Å². The Hall–Kier alpha value is -1.25. The van der Waals surface area contributed by atoms with Crippen LogP contribution in [-0.2, 0) is 0 Å². The van der Waals surface area contributed by atoms with Crippen LogP contribution in [0.2, 0.25) is 0 Å². The third-order valence-electron chi connectivity index (χ3n) is 1.30. The van der Waals surface area contributed by atoms with Gasteiger partial charge in [0, 0.05) is 11.1 Å². The average Bonchev–Trinajstić information content (AvgIpc) is 2.05. The fourth-order valence-corrected chi connectivity index (χ4v) is 0.768. The number of aldehydes is 1. The third-order valence-corrected chi connectivity index (χ3v) is 1.30. The SMILES string of the molecule is O=Cc1cccc(C(F)F)c1. The van der Waals surface area contributed by atoms with E-state index < -0.39 is 6.43 Å². The van der Waals surface area contributed by atoms with Crippen LogP contribution in [-0.4, -0.2) is 6.29 Å². The molecule has 58 valence electrons. The number of carbonyl (C=O) groups is 1. The number of halogens is 2. The minimum absolute atomic E-state index is 0.116. The Labute approximate surface area is 62.7 Å². The molecule has 0 N–H and O–H groups in total. The highest BCUT2D eigenvalue weighted by Gasteiger charge is 2.05. The Balaban J connectivity index is 3.00. The van der Waals surface area contributed by atoms with Gasteiger partial charge in [0.15, 0.2) is 0 Å². The molecule has 0 atom stereocenters. The summed E-state index contributed by atoms with van der Waals surface area (Å²) in [5.41, 5.74) is 0.164. The van der Waals surface area contributed by atoms with Crippen LogP contribution >= 0.6 is 0 Å². The van der Waals surface area contributed by atoms with Crippen molar-refractivity contribution in [3.8, 4) is 0 Å². The van der Waals surface area contributed by atoms with Gasteiger partial charge in [-0.15, -0.1) is 0 Å². The highest BCUT2D eigenvalue weighted by Crippen LogP contribution is 2.18. The van der Waals surface area contributed by atoms with Crippen molar-refractivity contribution in [2.45, 2.75) is 6.43 Å². The maximum atomic E-state index is 12.0. The Morgan fingerprint density at radius 3 is 2.64 bits per heavy atom. The van der Waals surface area contributed by atoms with Gasteiger partial charge in [0.05, 0.1) is 0 Å². The molecule has 11 heavy (non-hydrogen) atoms. The molecule has 0 aliphatic heterocycles. The standard InChI is InChI=1S/C8H6F2O/c9-8(10)7-3-1-2-6(4-7)5-11/h1-5,8H. The molecule has 0 saturated carbocycles. The summed E-state index contributed by atoms with van der Waals surface area (Å²) in [7, 11) is 0. The molecular formula is C8H6F2O. The molecule has 1 aromatic rings. The van der Waals surface area contributed by atoms with E-state index in [-0.39, 0.29) is 11.1 Å². The van der Waals surface area contributed by atoms with Crippen LogP contribution < -0.4 is 0 Å². The zero-order valence-corrected chi connectivity index (χ0v) is 5.63. The van der Waals surface area contributed by atoms with Crippen LogP contribution in [0, 0.1) is 0 Å². The Morgan fingerprint density at radius 1 is 1.36 bits per heavy atom. The third kappa shape index (κ3) is 1.83. The summed E-state index contributed by atoms with van der Waals surface area (Å²) in [6, 6.07) is 5.39. The number of hydrogen-bond acceptors (Lipinski definition) is 1. The van der Waals surface area contributed by atoms with Crippen molar-refractivity contribution in [1.29, 1.82) is 0 Å². The summed E-state index contributed by atoms with van der Waals surface area (Å²) in [5, 5.41) is 0. The summed E-state index contributed by atoms with van der Waals surface area (Å²) < 4.78 is 23.9. The zero-order valence-electron chi connectivity index (χ0n) is 5.63. The Bertz CT molecular complexity index is 258. The van der Waals surface area contributed by atoms with E-state index in [1.54, 1.807) is 0 Å². The molecule has 1 nitrogen and oxygen atoms in total. The van der Waals surface area contributed by atoms with Gasteiger partial charge in [-0.2, -0.15) is 0 Å². The lowest BCUT2D eigenvalue weighted by Gasteiger charge is -1.97. The Kier molecular flexibility index (Phi) is 2.31. The molecule has 0 spiro atoms. The van der Waals surface area contributed by atoms with Gasteiger partial charge in [-0.3, -0.25) is 4.79 Å². The van der Waals surface area contributed by atoms with E-state index in [0.717, 1.165) is 0 Å². The largest absolute Gasteiger partial charge is 0.298 e. The first-order chi connectivity index (χ1) is 5.24. The molecule has 0 heterocycles. The predicted octanol–water partition coefficient (Wildman–Crippen LogP) is 2.44. The van der Waals surface area contributed by atoms with Crippen LogP contribution in [0.25, 0.3) is 0 Å². The molecule has 0 unspecified atom stereocenters. The summed E-state index contributed by atoms with van der Waals surface area (Å²) in [6.07, 6.45) is -1.96. The van der Waals surface area contributed by atoms with Crippen LogP contribution in [0.15, 0.2) is 24.3 Å². The second kappa shape index (κ2) is 3.23. The minimum Gasteiger partial charge on any atom is -0.298 e. The van der Waals surface area contributed by atoms with Crippen LogP contribution in [0.4, 0.5) is 8.78 Å². The fourth-order valence-electron chi connectivity index (χ4n) is 0.768. The summed E-state index contributed by atoms with van der Waals surface area (Å²) in [6.45, 7) is 0. The summed E-state index contributed by atoms with van der Waals surface area (Å²) >= 11 is 0. The zero-order chi connectivity index (χ0) is 8.27. The number of benzene rings is 1. The molecule has 1 aromatic carbocycles. The monoisotopic (exact) mass is 156 g/mol. The molecule has 0 aliphatic rings. The second-order valence-corrected chi connectivity index (χ2v) is 2.09. The van der Waals surface area contributed by atoms with Crippen molar-refractivity contribution < 1.29 is 13.6 Å². The topological polar surface area (TPSA) is 17.1 Å². The van der Waals surface area contributed by atoms with Gasteiger partial charge in [-0.25, -0.2) is 8.78 Å². The van der Waals surface area contributed by atoms with Crippen molar-refractivity contribution >= 4 is 6.29 Å². The molecule has 0 fully saturated rings. The molecule has 0 aliphatic carbocycles. The predicted molar refractivity (Wildman–Crippen MR) is 36.8 cm³/mol. The van der Waals surface area contributed by atoms with E-state index in [0.29, 0.717) is 6.29 Å². The maximum absolute atomic E-state index is 12.0. The lowest BCUT2D eigenvalue weighted by molar-refractivity contribution is 0.112. The van der Waals surface area contributed by atoms with Gasteiger partial charge in [-0.05, 0) is 6.07 Å². The van der Waals surface area contributed by atoms with Gasteiger partial charge in [0.2, 0.25) is 0 Å². The van der Waals surface area contributed by atoms with Crippen molar-refractivity contribution in [1.82, 2.24) is 0 Å². The molecule has 0 saturated heterocycles.